The first-order valence-electron chi connectivity index (χ1n) is 6.80. The normalized spacial score (nSPS) is 24.6. The summed E-state index contributed by atoms with van der Waals surface area (Å²) in [6.07, 6.45) is 3.94. The van der Waals surface area contributed by atoms with Crippen molar-refractivity contribution in [3.05, 3.63) is 35.4 Å². The molecule has 3 rings (SSSR count). The van der Waals surface area contributed by atoms with Crippen molar-refractivity contribution in [1.29, 1.82) is 0 Å². The molecule has 1 saturated carbocycles. The van der Waals surface area contributed by atoms with Gasteiger partial charge in [0.1, 0.15) is 0 Å². The van der Waals surface area contributed by atoms with Crippen molar-refractivity contribution >= 4 is 5.78 Å². The maximum Gasteiger partial charge on any atom is 0.182 e. The average Bonchev–Trinajstić information content (AvgIpc) is 2.38. The fourth-order valence-electron chi connectivity index (χ4n) is 2.60. The summed E-state index contributed by atoms with van der Waals surface area (Å²) >= 11 is 0. The minimum atomic E-state index is -0.173. The van der Waals surface area contributed by atoms with Gasteiger partial charge in [-0.3, -0.25) is 4.79 Å². The van der Waals surface area contributed by atoms with Gasteiger partial charge < -0.3 is 10.1 Å². The zero-order valence-electron chi connectivity index (χ0n) is 10.5. The fraction of sp³-hybridized carbons (Fsp3) is 0.533. The van der Waals surface area contributed by atoms with Gasteiger partial charge in [-0.1, -0.05) is 30.7 Å². The van der Waals surface area contributed by atoms with Gasteiger partial charge in [0.2, 0.25) is 0 Å². The molecule has 3 nitrogen and oxygen atoms in total. The second kappa shape index (κ2) is 5.21. The number of ether oxygens (including phenoxy) is 1. The summed E-state index contributed by atoms with van der Waals surface area (Å²) in [5, 5.41) is 3.20. The predicted octanol–water partition coefficient (Wildman–Crippen LogP) is 2.13. The van der Waals surface area contributed by atoms with Gasteiger partial charge in [0.25, 0.3) is 0 Å². The van der Waals surface area contributed by atoms with E-state index in [4.69, 9.17) is 4.74 Å². The molecule has 1 heterocycles. The third-order valence-electron chi connectivity index (χ3n) is 4.01. The molecule has 96 valence electrons. The number of Topliss-reactive ketones (excluding diaryl/α,β-unsaturated/α-hetero) is 1. The number of carbonyl (C=O) groups is 1. The number of hydrogen-bond donors (Lipinski definition) is 1. The lowest BCUT2D eigenvalue weighted by molar-refractivity contribution is 0.0607. The Kier molecular flexibility index (Phi) is 3.43. The highest BCUT2D eigenvalue weighted by atomic mass is 16.5. The van der Waals surface area contributed by atoms with Gasteiger partial charge in [0.15, 0.2) is 5.78 Å². The number of ketones is 1. The summed E-state index contributed by atoms with van der Waals surface area (Å²) in [6, 6.07) is 7.98. The summed E-state index contributed by atoms with van der Waals surface area (Å²) < 4.78 is 5.33. The standard InChI is InChI=1S/C15H19NO2/c17-15(14-10-18-9-8-16-14)13-6-4-12(5-7-13)11-2-1-3-11/h4-7,11,14,16H,1-3,8-10H2. The second-order valence-corrected chi connectivity index (χ2v) is 5.20. The van der Waals surface area contributed by atoms with E-state index in [9.17, 15) is 4.79 Å². The molecule has 0 aromatic heterocycles. The Hall–Kier alpha value is -1.19. The zero-order chi connectivity index (χ0) is 12.4. The summed E-state index contributed by atoms with van der Waals surface area (Å²) in [7, 11) is 0. The van der Waals surface area contributed by atoms with Crippen LogP contribution in [0.2, 0.25) is 0 Å². The lowest BCUT2D eigenvalue weighted by Gasteiger charge is -2.26. The molecule has 1 aromatic rings. The molecular formula is C15H19NO2. The number of morpholine rings is 1. The van der Waals surface area contributed by atoms with Crippen LogP contribution in [0.5, 0.6) is 0 Å². The maximum absolute atomic E-state index is 12.2. The van der Waals surface area contributed by atoms with Gasteiger partial charge in [0.05, 0.1) is 19.3 Å². The highest BCUT2D eigenvalue weighted by Crippen LogP contribution is 2.36. The Morgan fingerprint density at radius 1 is 1.22 bits per heavy atom. The number of rotatable bonds is 3. The molecule has 0 amide bonds. The van der Waals surface area contributed by atoms with E-state index < -0.39 is 0 Å². The average molecular weight is 245 g/mol. The van der Waals surface area contributed by atoms with E-state index in [-0.39, 0.29) is 11.8 Å². The third kappa shape index (κ3) is 2.33. The van der Waals surface area contributed by atoms with Crippen LogP contribution in [0.3, 0.4) is 0 Å². The van der Waals surface area contributed by atoms with E-state index in [0.29, 0.717) is 13.2 Å². The van der Waals surface area contributed by atoms with E-state index in [2.05, 4.69) is 17.4 Å². The molecule has 1 aromatic carbocycles. The van der Waals surface area contributed by atoms with Crippen LogP contribution in [0.25, 0.3) is 0 Å². The summed E-state index contributed by atoms with van der Waals surface area (Å²) in [6.45, 7) is 1.95. The van der Waals surface area contributed by atoms with Crippen molar-refractivity contribution in [3.63, 3.8) is 0 Å². The summed E-state index contributed by atoms with van der Waals surface area (Å²) in [4.78, 5) is 12.2. The number of carbonyl (C=O) groups excluding carboxylic acids is 1. The van der Waals surface area contributed by atoms with Crippen LogP contribution in [0, 0.1) is 0 Å². The van der Waals surface area contributed by atoms with Gasteiger partial charge in [-0.25, -0.2) is 0 Å². The minimum absolute atomic E-state index is 0.148. The maximum atomic E-state index is 12.2. The molecule has 3 heteroatoms. The Bertz CT molecular complexity index is 417. The Morgan fingerprint density at radius 3 is 2.56 bits per heavy atom. The van der Waals surface area contributed by atoms with Gasteiger partial charge >= 0.3 is 0 Å². The van der Waals surface area contributed by atoms with E-state index in [1.807, 2.05) is 12.1 Å². The first-order chi connectivity index (χ1) is 8.84. The molecule has 18 heavy (non-hydrogen) atoms. The molecule has 0 radical (unpaired) electrons. The number of hydrogen-bond acceptors (Lipinski definition) is 3. The smallest absolute Gasteiger partial charge is 0.182 e. The lowest BCUT2D eigenvalue weighted by Crippen LogP contribution is -2.46. The van der Waals surface area contributed by atoms with Crippen molar-refractivity contribution in [3.8, 4) is 0 Å². The van der Waals surface area contributed by atoms with Crippen LogP contribution in [-0.2, 0) is 4.74 Å². The zero-order valence-corrected chi connectivity index (χ0v) is 10.5. The lowest BCUT2D eigenvalue weighted by atomic mass is 9.80. The minimum Gasteiger partial charge on any atom is -0.378 e. The first-order valence-corrected chi connectivity index (χ1v) is 6.80. The molecular weight excluding hydrogens is 226 g/mol. The fourth-order valence-corrected chi connectivity index (χ4v) is 2.60. The van der Waals surface area contributed by atoms with Crippen molar-refractivity contribution < 1.29 is 9.53 Å². The van der Waals surface area contributed by atoms with Crippen LogP contribution >= 0.6 is 0 Å². The quantitative estimate of drug-likeness (QED) is 0.829. The van der Waals surface area contributed by atoms with Gasteiger partial charge in [-0.15, -0.1) is 0 Å². The molecule has 2 fully saturated rings. The van der Waals surface area contributed by atoms with Crippen LogP contribution < -0.4 is 5.32 Å². The van der Waals surface area contributed by atoms with E-state index in [1.165, 1.54) is 24.8 Å². The van der Waals surface area contributed by atoms with Crippen LogP contribution in [-0.4, -0.2) is 31.6 Å². The monoisotopic (exact) mass is 245 g/mol. The Morgan fingerprint density at radius 2 is 2.00 bits per heavy atom. The summed E-state index contributed by atoms with van der Waals surface area (Å²) in [5.74, 6) is 0.875. The first kappa shape index (κ1) is 11.9. The van der Waals surface area contributed by atoms with E-state index >= 15 is 0 Å². The molecule has 2 aliphatic rings. The van der Waals surface area contributed by atoms with Crippen LogP contribution in [0.1, 0.15) is 41.1 Å². The van der Waals surface area contributed by atoms with Crippen molar-refractivity contribution in [1.82, 2.24) is 5.32 Å². The third-order valence-corrected chi connectivity index (χ3v) is 4.01. The molecule has 1 aliphatic heterocycles. The second-order valence-electron chi connectivity index (χ2n) is 5.20. The predicted molar refractivity (Wildman–Crippen MR) is 70.0 cm³/mol. The summed E-state index contributed by atoms with van der Waals surface area (Å²) in [5.41, 5.74) is 2.17. The van der Waals surface area contributed by atoms with Crippen molar-refractivity contribution in [2.75, 3.05) is 19.8 Å². The number of benzene rings is 1. The molecule has 1 aliphatic carbocycles. The largest absolute Gasteiger partial charge is 0.378 e. The van der Waals surface area contributed by atoms with Gasteiger partial charge in [0, 0.05) is 12.1 Å². The van der Waals surface area contributed by atoms with Crippen LogP contribution in [0.15, 0.2) is 24.3 Å². The highest BCUT2D eigenvalue weighted by Gasteiger charge is 2.23. The molecule has 1 unspecified atom stereocenters. The van der Waals surface area contributed by atoms with Gasteiger partial charge in [-0.05, 0) is 24.3 Å². The van der Waals surface area contributed by atoms with Crippen molar-refractivity contribution in [2.45, 2.75) is 31.2 Å². The van der Waals surface area contributed by atoms with E-state index in [0.717, 1.165) is 18.0 Å². The molecule has 1 saturated heterocycles. The topological polar surface area (TPSA) is 38.3 Å². The molecule has 1 atom stereocenters. The Balaban J connectivity index is 1.69. The SMILES string of the molecule is O=C(c1ccc(C2CCC2)cc1)C1COCCN1. The van der Waals surface area contributed by atoms with Gasteiger partial charge in [-0.2, -0.15) is 0 Å². The Labute approximate surface area is 108 Å². The van der Waals surface area contributed by atoms with Crippen molar-refractivity contribution in [2.24, 2.45) is 0 Å². The van der Waals surface area contributed by atoms with Crippen LogP contribution in [0.4, 0.5) is 0 Å². The molecule has 0 spiro atoms. The van der Waals surface area contributed by atoms with E-state index in [1.54, 1.807) is 0 Å². The number of nitrogens with one attached hydrogen (secondary N) is 1. The molecule has 1 N–H and O–H groups in total. The highest BCUT2D eigenvalue weighted by molar-refractivity contribution is 6.00. The molecule has 0 bridgehead atoms.